The third-order valence-corrected chi connectivity index (χ3v) is 9.32. The summed E-state index contributed by atoms with van der Waals surface area (Å²) in [6.45, 7) is 12.9. The molecule has 2 aromatic carbocycles. The first kappa shape index (κ1) is 35.7. The molecule has 3 amide bonds. The van der Waals surface area contributed by atoms with Crippen LogP contribution in [-0.2, 0) is 29.1 Å². The van der Waals surface area contributed by atoms with E-state index in [0.29, 0.717) is 12.0 Å². The van der Waals surface area contributed by atoms with E-state index in [0.717, 1.165) is 59.3 Å². The van der Waals surface area contributed by atoms with Crippen LogP contribution >= 0.6 is 0 Å². The molecule has 2 fully saturated rings. The van der Waals surface area contributed by atoms with Crippen LogP contribution in [0.5, 0.6) is 5.75 Å². The Balaban J connectivity index is 1.57. The van der Waals surface area contributed by atoms with Gasteiger partial charge in [-0.05, 0) is 35.1 Å². The molecular formula is C38H49N5O6. The Morgan fingerprint density at radius 3 is 2.43 bits per heavy atom. The van der Waals surface area contributed by atoms with Gasteiger partial charge in [-0.1, -0.05) is 83.4 Å². The van der Waals surface area contributed by atoms with Gasteiger partial charge in [0.25, 0.3) is 0 Å². The van der Waals surface area contributed by atoms with Gasteiger partial charge in [0.1, 0.15) is 18.0 Å². The number of carbonyl (C=O) groups is 4. The SMILES string of the molecule is C=CCN1CC(=O)N2C(Cc3ccc(O)cc3)C(=O)N(Cc3cccc4c(C(=O)CC(C)(C)C)cn(CCCCCC)c34)CC2N1C(=O)O. The average Bonchev–Trinajstić information content (AvgIpc) is 3.41. The van der Waals surface area contributed by atoms with Crippen molar-refractivity contribution in [1.82, 2.24) is 24.4 Å². The molecule has 0 aliphatic carbocycles. The fourth-order valence-corrected chi connectivity index (χ4v) is 7.14. The zero-order valence-electron chi connectivity index (χ0n) is 29.1. The molecule has 0 saturated carbocycles. The molecule has 0 radical (unpaired) electrons. The van der Waals surface area contributed by atoms with E-state index in [1.807, 2.05) is 45.2 Å². The molecule has 2 unspecified atom stereocenters. The van der Waals surface area contributed by atoms with Crippen molar-refractivity contribution >= 4 is 34.6 Å². The van der Waals surface area contributed by atoms with Gasteiger partial charge < -0.3 is 24.6 Å². The second-order valence-electron chi connectivity index (χ2n) is 14.4. The van der Waals surface area contributed by atoms with Crippen molar-refractivity contribution in [2.24, 2.45) is 5.41 Å². The Bertz CT molecular complexity index is 1710. The third-order valence-electron chi connectivity index (χ3n) is 9.32. The quantitative estimate of drug-likeness (QED) is 0.129. The molecule has 1 aromatic heterocycles. The Morgan fingerprint density at radius 2 is 1.78 bits per heavy atom. The number of carboxylic acid groups (broad SMARTS) is 1. The van der Waals surface area contributed by atoms with Gasteiger partial charge in [0.05, 0.1) is 18.6 Å². The van der Waals surface area contributed by atoms with Crippen LogP contribution in [0.2, 0.25) is 0 Å². The van der Waals surface area contributed by atoms with Gasteiger partial charge in [-0.2, -0.15) is 0 Å². The number of hydrazine groups is 1. The number of aryl methyl sites for hydroxylation is 1. The van der Waals surface area contributed by atoms with Crippen LogP contribution in [0.4, 0.5) is 4.79 Å². The summed E-state index contributed by atoms with van der Waals surface area (Å²) in [6, 6.07) is 11.3. The van der Waals surface area contributed by atoms with Crippen molar-refractivity contribution in [3.63, 3.8) is 0 Å². The highest BCUT2D eigenvalue weighted by atomic mass is 16.4. The number of hydrogen-bond acceptors (Lipinski definition) is 6. The lowest BCUT2D eigenvalue weighted by Gasteiger charge is -2.54. The van der Waals surface area contributed by atoms with Crippen LogP contribution in [0.15, 0.2) is 61.3 Å². The number of rotatable bonds is 13. The number of piperazine rings is 1. The van der Waals surface area contributed by atoms with Crippen molar-refractivity contribution in [3.05, 3.63) is 78.0 Å². The summed E-state index contributed by atoms with van der Waals surface area (Å²) >= 11 is 0. The van der Waals surface area contributed by atoms with Crippen molar-refractivity contribution < 1.29 is 29.4 Å². The first-order valence-electron chi connectivity index (χ1n) is 17.2. The van der Waals surface area contributed by atoms with Crippen molar-refractivity contribution in [2.75, 3.05) is 19.6 Å². The minimum absolute atomic E-state index is 0.0278. The molecule has 2 aliphatic heterocycles. The molecule has 0 spiro atoms. The predicted octanol–water partition coefficient (Wildman–Crippen LogP) is 6.05. The number of phenols is 1. The van der Waals surface area contributed by atoms with Crippen LogP contribution in [-0.4, -0.2) is 90.1 Å². The largest absolute Gasteiger partial charge is 0.508 e. The number of aromatic nitrogens is 1. The molecule has 2 aliphatic rings. The Kier molecular flexibility index (Phi) is 10.8. The van der Waals surface area contributed by atoms with E-state index < -0.39 is 18.3 Å². The van der Waals surface area contributed by atoms with E-state index in [1.54, 1.807) is 23.1 Å². The minimum atomic E-state index is -1.23. The summed E-state index contributed by atoms with van der Waals surface area (Å²) in [6.07, 6.45) is 6.10. The predicted molar refractivity (Wildman–Crippen MR) is 188 cm³/mol. The highest BCUT2D eigenvalue weighted by Gasteiger charge is 2.51. The molecule has 0 bridgehead atoms. The van der Waals surface area contributed by atoms with E-state index in [9.17, 15) is 29.4 Å². The smallest absolute Gasteiger partial charge is 0.424 e. The van der Waals surface area contributed by atoms with E-state index in [1.165, 1.54) is 22.0 Å². The highest BCUT2D eigenvalue weighted by Crippen LogP contribution is 2.33. The average molecular weight is 672 g/mol. The van der Waals surface area contributed by atoms with Gasteiger partial charge in [-0.25, -0.2) is 14.8 Å². The lowest BCUT2D eigenvalue weighted by atomic mass is 9.87. The number of amides is 3. The first-order valence-corrected chi connectivity index (χ1v) is 17.2. The number of fused-ring (bicyclic) bond motifs is 2. The molecular weight excluding hydrogens is 622 g/mol. The molecule has 5 rings (SSSR count). The number of carbonyl (C=O) groups excluding carboxylic acids is 3. The summed E-state index contributed by atoms with van der Waals surface area (Å²) in [7, 11) is 0. The summed E-state index contributed by atoms with van der Waals surface area (Å²) in [5.74, 6) is -0.482. The Hall–Kier alpha value is -4.64. The van der Waals surface area contributed by atoms with Gasteiger partial charge in [-0.15, -0.1) is 6.58 Å². The lowest BCUT2D eigenvalue weighted by molar-refractivity contribution is -0.192. The van der Waals surface area contributed by atoms with Crippen molar-refractivity contribution in [3.8, 4) is 5.75 Å². The summed E-state index contributed by atoms with van der Waals surface area (Å²) < 4.78 is 2.14. The van der Waals surface area contributed by atoms with Crippen LogP contribution in [0, 0.1) is 5.41 Å². The fraction of sp³-hybridized carbons (Fsp3) is 0.474. The number of aromatic hydroxyl groups is 1. The zero-order chi connectivity index (χ0) is 35.5. The number of nitrogens with zero attached hydrogens (tertiary/aromatic N) is 5. The van der Waals surface area contributed by atoms with Crippen LogP contribution < -0.4 is 0 Å². The second kappa shape index (κ2) is 14.9. The van der Waals surface area contributed by atoms with Gasteiger partial charge in [0.15, 0.2) is 5.78 Å². The van der Waals surface area contributed by atoms with Gasteiger partial charge in [0.2, 0.25) is 11.8 Å². The minimum Gasteiger partial charge on any atom is -0.508 e. The Morgan fingerprint density at radius 1 is 1.04 bits per heavy atom. The van der Waals surface area contributed by atoms with E-state index in [-0.39, 0.29) is 61.4 Å². The fourth-order valence-electron chi connectivity index (χ4n) is 7.14. The third kappa shape index (κ3) is 7.83. The summed E-state index contributed by atoms with van der Waals surface area (Å²) in [4.78, 5) is 57.5. The molecule has 3 aromatic rings. The number of unbranched alkanes of at least 4 members (excludes halogenated alkanes) is 3. The number of ketones is 1. The normalized spacial score (nSPS) is 18.7. The Labute approximate surface area is 288 Å². The van der Waals surface area contributed by atoms with Crippen LogP contribution in [0.3, 0.4) is 0 Å². The van der Waals surface area contributed by atoms with E-state index in [4.69, 9.17) is 0 Å². The molecule has 3 heterocycles. The molecule has 2 saturated heterocycles. The molecule has 2 atom stereocenters. The standard InChI is InChI=1S/C38H49N5O6/c1-6-8-9-10-19-39-23-30(32(45)21-38(3,4)5)29-13-11-12-27(35(29)39)22-40-24-33-42(34(46)25-41(18-7-2)43(33)37(48)49)31(36(40)47)20-26-14-16-28(44)17-15-26/h7,11-17,23,31,33,44H,2,6,8-10,18-22,24-25H2,1,3-5H3,(H,48,49). The van der Waals surface area contributed by atoms with Gasteiger partial charge in [0, 0.05) is 49.6 Å². The first-order chi connectivity index (χ1) is 23.3. The molecule has 49 heavy (non-hydrogen) atoms. The maximum atomic E-state index is 14.4. The van der Waals surface area contributed by atoms with Crippen molar-refractivity contribution in [1.29, 1.82) is 0 Å². The lowest BCUT2D eigenvalue weighted by Crippen LogP contribution is -2.75. The zero-order valence-corrected chi connectivity index (χ0v) is 29.1. The number of para-hydroxylation sites is 1. The van der Waals surface area contributed by atoms with Crippen LogP contribution in [0.1, 0.15) is 81.3 Å². The maximum absolute atomic E-state index is 14.4. The molecule has 11 heteroatoms. The van der Waals surface area contributed by atoms with E-state index >= 15 is 0 Å². The number of phenolic OH excluding ortho intramolecular Hbond substituents is 1. The number of Topliss-reactive ketones (excluding diaryl/α,β-unsaturated/α-hetero) is 1. The summed E-state index contributed by atoms with van der Waals surface area (Å²) in [5, 5.41) is 23.7. The highest BCUT2D eigenvalue weighted by molar-refractivity contribution is 6.09. The van der Waals surface area contributed by atoms with Crippen LogP contribution in [0.25, 0.3) is 10.9 Å². The second-order valence-corrected chi connectivity index (χ2v) is 14.4. The van der Waals surface area contributed by atoms with Crippen molar-refractivity contribution in [2.45, 2.75) is 91.5 Å². The monoisotopic (exact) mass is 671 g/mol. The maximum Gasteiger partial charge on any atom is 0.424 e. The number of benzene rings is 2. The topological polar surface area (TPSA) is 127 Å². The van der Waals surface area contributed by atoms with E-state index in [2.05, 4.69) is 18.1 Å². The molecule has 2 N–H and O–H groups in total. The molecule has 262 valence electrons. The van der Waals surface area contributed by atoms with Gasteiger partial charge in [-0.3, -0.25) is 14.4 Å². The summed E-state index contributed by atoms with van der Waals surface area (Å²) in [5.41, 5.74) is 2.95. The van der Waals surface area contributed by atoms with Gasteiger partial charge >= 0.3 is 6.09 Å². The number of hydrogen-bond donors (Lipinski definition) is 2. The molecule has 11 nitrogen and oxygen atoms in total.